The van der Waals surface area contributed by atoms with Crippen molar-refractivity contribution in [2.24, 2.45) is 0 Å². The maximum atomic E-state index is 12.0. The Balaban J connectivity index is 2.32. The van der Waals surface area contributed by atoms with Gasteiger partial charge in [-0.3, -0.25) is 0 Å². The molecule has 1 N–H and O–H groups in total. The predicted octanol–water partition coefficient (Wildman–Crippen LogP) is 3.39. The average Bonchev–Trinajstić information content (AvgIpc) is 2.36. The van der Waals surface area contributed by atoms with Gasteiger partial charge in [-0.2, -0.15) is 13.2 Å². The lowest BCUT2D eigenvalue weighted by molar-refractivity contribution is -0.125. The summed E-state index contributed by atoms with van der Waals surface area (Å²) in [5.74, 6) is 1.36. The molecule has 1 aromatic carbocycles. The van der Waals surface area contributed by atoms with E-state index in [9.17, 15) is 13.2 Å². The molecule has 0 bridgehead atoms. The van der Waals surface area contributed by atoms with Crippen molar-refractivity contribution in [2.45, 2.75) is 32.5 Å². The van der Waals surface area contributed by atoms with Gasteiger partial charge in [0.25, 0.3) is 0 Å². The second-order valence-corrected chi connectivity index (χ2v) is 4.49. The maximum absolute atomic E-state index is 12.0. The molecular formula is C14H20F3NO2. The van der Waals surface area contributed by atoms with Gasteiger partial charge in [-0.05, 0) is 37.6 Å². The van der Waals surface area contributed by atoms with Crippen molar-refractivity contribution in [3.8, 4) is 11.5 Å². The first-order valence-corrected chi connectivity index (χ1v) is 6.57. The molecule has 1 unspecified atom stereocenters. The van der Waals surface area contributed by atoms with E-state index in [-0.39, 0.29) is 12.6 Å². The monoisotopic (exact) mass is 291 g/mol. The SMILES string of the molecule is CCCOc1ccc(OC(C)CNCC(F)(F)F)cc1. The van der Waals surface area contributed by atoms with Crippen LogP contribution in [0.4, 0.5) is 13.2 Å². The van der Waals surface area contributed by atoms with E-state index < -0.39 is 12.7 Å². The van der Waals surface area contributed by atoms with Crippen LogP contribution in [-0.2, 0) is 0 Å². The third-order valence-electron chi connectivity index (χ3n) is 2.39. The van der Waals surface area contributed by atoms with Crippen LogP contribution in [-0.4, -0.2) is 32.0 Å². The standard InChI is InChI=1S/C14H20F3NO2/c1-3-8-19-12-4-6-13(7-5-12)20-11(2)9-18-10-14(15,16)17/h4-7,11,18H,3,8-10H2,1-2H3. The van der Waals surface area contributed by atoms with Gasteiger partial charge in [0.1, 0.15) is 17.6 Å². The molecule has 0 saturated carbocycles. The molecule has 0 aliphatic heterocycles. The van der Waals surface area contributed by atoms with Gasteiger partial charge < -0.3 is 14.8 Å². The molecule has 0 aromatic heterocycles. The molecule has 0 amide bonds. The number of hydrogen-bond donors (Lipinski definition) is 1. The zero-order valence-corrected chi connectivity index (χ0v) is 11.7. The molecular weight excluding hydrogens is 271 g/mol. The summed E-state index contributed by atoms with van der Waals surface area (Å²) in [5, 5.41) is 2.31. The van der Waals surface area contributed by atoms with Gasteiger partial charge in [0, 0.05) is 6.54 Å². The van der Waals surface area contributed by atoms with Crippen LogP contribution in [0, 0.1) is 0 Å². The first kappa shape index (κ1) is 16.6. The van der Waals surface area contributed by atoms with Crippen molar-refractivity contribution in [3.05, 3.63) is 24.3 Å². The van der Waals surface area contributed by atoms with E-state index >= 15 is 0 Å². The van der Waals surface area contributed by atoms with Crippen molar-refractivity contribution in [3.63, 3.8) is 0 Å². The van der Waals surface area contributed by atoms with Crippen LogP contribution >= 0.6 is 0 Å². The minimum atomic E-state index is -4.20. The smallest absolute Gasteiger partial charge is 0.401 e. The lowest BCUT2D eigenvalue weighted by Gasteiger charge is -2.16. The molecule has 0 spiro atoms. The fraction of sp³-hybridized carbons (Fsp3) is 0.571. The number of halogens is 3. The highest BCUT2D eigenvalue weighted by Crippen LogP contribution is 2.19. The lowest BCUT2D eigenvalue weighted by atomic mass is 10.3. The first-order chi connectivity index (χ1) is 9.40. The Labute approximate surface area is 117 Å². The van der Waals surface area contributed by atoms with Crippen molar-refractivity contribution in [1.82, 2.24) is 5.32 Å². The molecule has 1 atom stereocenters. The Morgan fingerprint density at radius 1 is 1.15 bits per heavy atom. The first-order valence-electron chi connectivity index (χ1n) is 6.57. The summed E-state index contributed by atoms with van der Waals surface area (Å²) in [4.78, 5) is 0. The molecule has 6 heteroatoms. The van der Waals surface area contributed by atoms with Crippen LogP contribution < -0.4 is 14.8 Å². The number of ether oxygens (including phenoxy) is 2. The Morgan fingerprint density at radius 2 is 1.75 bits per heavy atom. The Bertz CT molecular complexity index is 379. The van der Waals surface area contributed by atoms with Gasteiger partial charge in [-0.1, -0.05) is 6.92 Å². The molecule has 1 rings (SSSR count). The minimum Gasteiger partial charge on any atom is -0.494 e. The fourth-order valence-corrected chi connectivity index (χ4v) is 1.53. The van der Waals surface area contributed by atoms with Gasteiger partial charge in [-0.25, -0.2) is 0 Å². The summed E-state index contributed by atoms with van der Waals surface area (Å²) in [5.41, 5.74) is 0. The third-order valence-corrected chi connectivity index (χ3v) is 2.39. The van der Waals surface area contributed by atoms with Crippen LogP contribution in [0.15, 0.2) is 24.3 Å². The summed E-state index contributed by atoms with van der Waals surface area (Å²) in [6, 6.07) is 7.04. The highest BCUT2D eigenvalue weighted by molar-refractivity contribution is 5.31. The van der Waals surface area contributed by atoms with Crippen molar-refractivity contribution < 1.29 is 22.6 Å². The quantitative estimate of drug-likeness (QED) is 0.796. The van der Waals surface area contributed by atoms with E-state index in [1.54, 1.807) is 31.2 Å². The molecule has 0 aliphatic rings. The molecule has 0 aliphatic carbocycles. The van der Waals surface area contributed by atoms with Gasteiger partial charge >= 0.3 is 6.18 Å². The number of benzene rings is 1. The molecule has 0 radical (unpaired) electrons. The van der Waals surface area contributed by atoms with Gasteiger partial charge in [-0.15, -0.1) is 0 Å². The molecule has 1 aromatic rings. The Kier molecular flexibility index (Phi) is 6.64. The summed E-state index contributed by atoms with van der Waals surface area (Å²) in [6.07, 6.45) is -3.61. The number of nitrogens with one attached hydrogen (secondary N) is 1. The molecule has 0 heterocycles. The van der Waals surface area contributed by atoms with E-state index in [2.05, 4.69) is 5.32 Å². The second-order valence-electron chi connectivity index (χ2n) is 4.49. The maximum Gasteiger partial charge on any atom is 0.401 e. The zero-order valence-electron chi connectivity index (χ0n) is 11.7. The van der Waals surface area contributed by atoms with E-state index in [1.807, 2.05) is 6.92 Å². The van der Waals surface area contributed by atoms with Crippen molar-refractivity contribution >= 4 is 0 Å². The zero-order chi connectivity index (χ0) is 15.0. The van der Waals surface area contributed by atoms with Crippen LogP contribution in [0.2, 0.25) is 0 Å². The molecule has 20 heavy (non-hydrogen) atoms. The average molecular weight is 291 g/mol. The van der Waals surface area contributed by atoms with Crippen LogP contribution in [0.25, 0.3) is 0 Å². The van der Waals surface area contributed by atoms with E-state index in [4.69, 9.17) is 9.47 Å². The van der Waals surface area contributed by atoms with E-state index in [0.717, 1.165) is 12.2 Å². The highest BCUT2D eigenvalue weighted by Gasteiger charge is 2.26. The fourth-order valence-electron chi connectivity index (χ4n) is 1.53. The van der Waals surface area contributed by atoms with Crippen molar-refractivity contribution in [1.29, 1.82) is 0 Å². The predicted molar refractivity (Wildman–Crippen MR) is 71.2 cm³/mol. The van der Waals surface area contributed by atoms with Crippen molar-refractivity contribution in [2.75, 3.05) is 19.7 Å². The normalized spacial score (nSPS) is 13.1. The van der Waals surface area contributed by atoms with E-state index in [0.29, 0.717) is 12.4 Å². The lowest BCUT2D eigenvalue weighted by Crippen LogP contribution is -2.35. The third kappa shape index (κ3) is 7.23. The Morgan fingerprint density at radius 3 is 2.30 bits per heavy atom. The van der Waals surface area contributed by atoms with Gasteiger partial charge in [0.05, 0.1) is 13.2 Å². The number of alkyl halides is 3. The summed E-state index contributed by atoms with van der Waals surface area (Å²) in [7, 11) is 0. The summed E-state index contributed by atoms with van der Waals surface area (Å²) < 4.78 is 46.8. The second kappa shape index (κ2) is 7.99. The Hall–Kier alpha value is -1.43. The van der Waals surface area contributed by atoms with E-state index in [1.165, 1.54) is 0 Å². The largest absolute Gasteiger partial charge is 0.494 e. The molecule has 0 fully saturated rings. The topological polar surface area (TPSA) is 30.5 Å². The van der Waals surface area contributed by atoms with Gasteiger partial charge in [0.15, 0.2) is 0 Å². The summed E-state index contributed by atoms with van der Waals surface area (Å²) >= 11 is 0. The van der Waals surface area contributed by atoms with Crippen LogP contribution in [0.3, 0.4) is 0 Å². The molecule has 0 saturated heterocycles. The van der Waals surface area contributed by atoms with Crippen LogP contribution in [0.1, 0.15) is 20.3 Å². The molecule has 3 nitrogen and oxygen atoms in total. The highest BCUT2D eigenvalue weighted by atomic mass is 19.4. The van der Waals surface area contributed by atoms with Crippen LogP contribution in [0.5, 0.6) is 11.5 Å². The summed E-state index contributed by atoms with van der Waals surface area (Å²) in [6.45, 7) is 3.51. The minimum absolute atomic E-state index is 0.133. The van der Waals surface area contributed by atoms with Gasteiger partial charge in [0.2, 0.25) is 0 Å². The number of hydrogen-bond acceptors (Lipinski definition) is 3. The molecule has 114 valence electrons. The number of rotatable bonds is 8.